The number of rotatable bonds is 39. The zero-order valence-corrected chi connectivity index (χ0v) is 54.7. The van der Waals surface area contributed by atoms with Crippen LogP contribution in [0, 0.1) is 0 Å². The molecule has 1 aromatic carbocycles. The molecule has 34 heteroatoms. The van der Waals surface area contributed by atoms with E-state index in [0.717, 1.165) is 10.9 Å². The number of H-pyrrole nitrogens is 1. The molecule has 0 aliphatic rings. The number of unbranched alkanes of at least 4 members (excludes halogenated alkanes) is 2. The molecule has 0 aliphatic heterocycles. The summed E-state index contributed by atoms with van der Waals surface area (Å²) in [5.74, 6) is -12.3. The zero-order valence-electron chi connectivity index (χ0n) is 54.7. The summed E-state index contributed by atoms with van der Waals surface area (Å²) in [5, 5.41) is 44.4. The molecule has 0 bridgehead atoms. The van der Waals surface area contributed by atoms with Crippen molar-refractivity contribution in [3.05, 3.63) is 36.0 Å². The zero-order chi connectivity index (χ0) is 70.6. The van der Waals surface area contributed by atoms with Gasteiger partial charge in [-0.25, -0.2) is 4.79 Å². The molecule has 93 heavy (non-hydrogen) atoms. The molecule has 14 amide bonds. The van der Waals surface area contributed by atoms with E-state index in [1.54, 1.807) is 30.5 Å². The summed E-state index contributed by atoms with van der Waals surface area (Å²) in [6.45, 7) is 16.6. The highest BCUT2D eigenvalue weighted by molar-refractivity contribution is 6.00. The number of aromatic amines is 1. The fraction of sp³-hybridized carbons (Fsp3) is 0.610. The number of carbonyl (C=O) groups is 15. The highest BCUT2D eigenvalue weighted by Gasteiger charge is 2.33. The van der Waals surface area contributed by atoms with E-state index in [4.69, 9.17) is 17.2 Å². The Bertz CT molecular complexity index is 2980. The van der Waals surface area contributed by atoms with Gasteiger partial charge in [0.25, 0.3) is 0 Å². The van der Waals surface area contributed by atoms with Crippen molar-refractivity contribution in [2.45, 2.75) is 219 Å². The van der Waals surface area contributed by atoms with Crippen LogP contribution in [0.3, 0.4) is 0 Å². The van der Waals surface area contributed by atoms with Crippen LogP contribution < -0.4 is 91.6 Å². The van der Waals surface area contributed by atoms with Gasteiger partial charge in [0, 0.05) is 23.5 Å². The van der Waals surface area contributed by atoms with Crippen LogP contribution in [0.25, 0.3) is 10.9 Å². The lowest BCUT2D eigenvalue weighted by Crippen LogP contribution is -2.59. The van der Waals surface area contributed by atoms with Gasteiger partial charge in [0.1, 0.15) is 84.6 Å². The van der Waals surface area contributed by atoms with Crippen molar-refractivity contribution in [3.8, 4) is 0 Å². The summed E-state index contributed by atoms with van der Waals surface area (Å²) >= 11 is 0. The molecule has 22 N–H and O–H groups in total. The average Bonchev–Trinajstić information content (AvgIpc) is 1.90. The second-order valence-electron chi connectivity index (χ2n) is 23.0. The van der Waals surface area contributed by atoms with Gasteiger partial charge in [-0.2, -0.15) is 0 Å². The Morgan fingerprint density at radius 1 is 0.355 bits per heavy atom. The molecule has 0 fully saturated rings. The number of para-hydroxylation sites is 1. The third-order valence-corrected chi connectivity index (χ3v) is 14.6. The van der Waals surface area contributed by atoms with E-state index in [2.05, 4.69) is 79.4 Å². The Kier molecular flexibility index (Phi) is 33.6. The molecule has 2 rings (SSSR count). The minimum atomic E-state index is -1.36. The van der Waals surface area contributed by atoms with E-state index in [1.165, 1.54) is 83.1 Å². The Balaban J connectivity index is 1.96. The van der Waals surface area contributed by atoms with Crippen LogP contribution >= 0.6 is 0 Å². The number of hydrogen-bond acceptors (Lipinski definition) is 18. The Morgan fingerprint density at radius 2 is 0.613 bits per heavy atom. The predicted molar refractivity (Wildman–Crippen MR) is 339 cm³/mol. The first kappa shape index (κ1) is 79.8. The van der Waals surface area contributed by atoms with Crippen LogP contribution in [0.5, 0.6) is 0 Å². The van der Waals surface area contributed by atoms with Gasteiger partial charge in [0.15, 0.2) is 0 Å². The normalized spacial score (nSPS) is 15.9. The molecule has 2 aromatic rings. The maximum absolute atomic E-state index is 14.0. The number of carboxylic acids is 1. The summed E-state index contributed by atoms with van der Waals surface area (Å²) in [6, 6.07) is -11.2. The second-order valence-corrected chi connectivity index (χ2v) is 23.0. The van der Waals surface area contributed by atoms with Gasteiger partial charge in [-0.05, 0) is 140 Å². The quantitative estimate of drug-likeness (QED) is 0.0278. The number of nitrogens with two attached hydrogens (primary N) is 3. The standard InChI is InChI=1S/C59H96N18O16/c1-27(45(78)64-28(2)46(79)66-30(4)48(81)68-33(7)51(84)72-37(11)55(88)76-43(59(92)93)22-16-18-24-61)65-47(80)29(3)67-50(83)32(6)71-54(87)36(10)75-58(91)44(25-39-26-63-42-21-14-13-19-40(39)42)77-56(89)38(12)73-52(85)34(8)69-49(82)31(5)70-53(86)35(9)74-57(90)41(62)20-15-17-23-60/h13-14,19,21,26-38,41,43-44,63H,15-18,20,22-25,60-62H2,1-12H3,(H,64,78)(H,65,80)(H,66,79)(H,67,83)(H,68,81)(H,69,82)(H,70,86)(H,71,87)(H,72,84)(H,73,85)(H,74,90)(H,75,91)(H,76,88)(H,77,89)(H,92,93)/t27-,28-,29-,30-,31-,32-,33-,34-,35-,36-,37-,38-,41-,43-,44-/m0/s1. The van der Waals surface area contributed by atoms with E-state index < -0.39 is 179 Å². The second kappa shape index (κ2) is 39.2. The van der Waals surface area contributed by atoms with Crippen molar-refractivity contribution in [2.24, 2.45) is 17.2 Å². The number of benzene rings is 1. The maximum Gasteiger partial charge on any atom is 0.326 e. The highest BCUT2D eigenvalue weighted by Crippen LogP contribution is 2.19. The summed E-state index contributed by atoms with van der Waals surface area (Å²) in [5.41, 5.74) is 18.2. The van der Waals surface area contributed by atoms with E-state index >= 15 is 0 Å². The summed E-state index contributed by atoms with van der Waals surface area (Å²) in [7, 11) is 0. The Hall–Kier alpha value is -9.31. The van der Waals surface area contributed by atoms with Gasteiger partial charge >= 0.3 is 5.97 Å². The number of carbonyl (C=O) groups excluding carboxylic acids is 14. The van der Waals surface area contributed by atoms with Crippen molar-refractivity contribution >= 4 is 99.6 Å². The molecule has 0 saturated heterocycles. The summed E-state index contributed by atoms with van der Waals surface area (Å²) in [6.07, 6.45) is 4.30. The molecule has 1 aromatic heterocycles. The maximum atomic E-state index is 14.0. The van der Waals surface area contributed by atoms with Crippen molar-refractivity contribution in [1.82, 2.24) is 79.4 Å². The van der Waals surface area contributed by atoms with Crippen LogP contribution in [-0.2, 0) is 78.3 Å². The van der Waals surface area contributed by atoms with Gasteiger partial charge in [0.05, 0.1) is 6.04 Å². The molecule has 15 atom stereocenters. The first-order valence-electron chi connectivity index (χ1n) is 30.7. The van der Waals surface area contributed by atoms with E-state index in [0.29, 0.717) is 50.8 Å². The molecule has 0 aliphatic carbocycles. The smallest absolute Gasteiger partial charge is 0.326 e. The molecular formula is C59H96N18O16. The third kappa shape index (κ3) is 27.2. The predicted octanol–water partition coefficient (Wildman–Crippen LogP) is -5.59. The Labute approximate surface area is 539 Å². The van der Waals surface area contributed by atoms with E-state index in [1.807, 2.05) is 0 Å². The fourth-order valence-corrected chi connectivity index (χ4v) is 8.52. The topological polar surface area (TPSA) is 539 Å². The van der Waals surface area contributed by atoms with Gasteiger partial charge in [0.2, 0.25) is 82.7 Å². The average molecular weight is 1310 g/mol. The molecule has 0 spiro atoms. The molecule has 0 saturated carbocycles. The first-order valence-corrected chi connectivity index (χ1v) is 30.7. The summed E-state index contributed by atoms with van der Waals surface area (Å²) in [4.78, 5) is 198. The van der Waals surface area contributed by atoms with Crippen LogP contribution in [0.4, 0.5) is 0 Å². The summed E-state index contributed by atoms with van der Waals surface area (Å²) < 4.78 is 0. The van der Waals surface area contributed by atoms with Crippen molar-refractivity contribution < 1.29 is 77.0 Å². The molecular weight excluding hydrogens is 1220 g/mol. The van der Waals surface area contributed by atoms with Crippen LogP contribution in [0.2, 0.25) is 0 Å². The van der Waals surface area contributed by atoms with Gasteiger partial charge in [-0.1, -0.05) is 24.6 Å². The van der Waals surface area contributed by atoms with Crippen molar-refractivity contribution in [3.63, 3.8) is 0 Å². The largest absolute Gasteiger partial charge is 0.480 e. The monoisotopic (exact) mass is 1310 g/mol. The lowest BCUT2D eigenvalue weighted by Gasteiger charge is -2.25. The Morgan fingerprint density at radius 3 is 0.914 bits per heavy atom. The van der Waals surface area contributed by atoms with Crippen LogP contribution in [0.15, 0.2) is 30.5 Å². The lowest BCUT2D eigenvalue weighted by molar-refractivity contribution is -0.142. The highest BCUT2D eigenvalue weighted by atomic mass is 16.4. The number of aliphatic carboxylic acids is 1. The van der Waals surface area contributed by atoms with Crippen LogP contribution in [-0.4, -0.2) is 202 Å². The number of carboxylic acid groups (broad SMARTS) is 1. The number of amides is 14. The number of aromatic nitrogens is 1. The van der Waals surface area contributed by atoms with Crippen molar-refractivity contribution in [1.29, 1.82) is 0 Å². The molecule has 518 valence electrons. The molecule has 1 heterocycles. The first-order chi connectivity index (χ1) is 43.5. The molecule has 0 radical (unpaired) electrons. The minimum absolute atomic E-state index is 0.113. The van der Waals surface area contributed by atoms with Crippen LogP contribution in [0.1, 0.15) is 127 Å². The number of fused-ring (bicyclic) bond motifs is 1. The van der Waals surface area contributed by atoms with Gasteiger partial charge < -0.3 is 102 Å². The SMILES string of the molecule is C[C@H](NC(=O)[C@H](C)NC(=O)[C@H](C)NC(=O)[C@H](C)NC(=O)[C@H](C)NC(=O)[C@H](Cc1c[nH]c2ccccc12)NC(=O)[C@H](C)NC(=O)[C@H](C)NC(=O)[C@H](C)NC(=O)[C@H](C)NC(=O)[C@@H](N)CCCCN)C(=O)N[C@@H](C)C(=O)N[C@@H](C)C(=O)N[C@@H](C)C(=O)N[C@@H](CCCCN)C(=O)O. The van der Waals surface area contributed by atoms with E-state index in [-0.39, 0.29) is 12.8 Å². The third-order valence-electron chi connectivity index (χ3n) is 14.6. The van der Waals surface area contributed by atoms with Gasteiger partial charge in [-0.15, -0.1) is 0 Å². The molecule has 34 nitrogen and oxygen atoms in total. The number of hydrogen-bond donors (Lipinski definition) is 19. The molecule has 0 unspecified atom stereocenters. The fourth-order valence-electron chi connectivity index (χ4n) is 8.52. The van der Waals surface area contributed by atoms with Crippen molar-refractivity contribution in [2.75, 3.05) is 13.1 Å². The number of nitrogens with one attached hydrogen (secondary N) is 15. The van der Waals surface area contributed by atoms with E-state index in [9.17, 15) is 77.0 Å². The van der Waals surface area contributed by atoms with Gasteiger partial charge in [-0.3, -0.25) is 67.1 Å². The lowest BCUT2D eigenvalue weighted by atomic mass is 10.0. The minimum Gasteiger partial charge on any atom is -0.480 e.